The fourth-order valence-corrected chi connectivity index (χ4v) is 2.59. The van der Waals surface area contributed by atoms with Crippen molar-refractivity contribution in [1.29, 1.82) is 0 Å². The molecule has 1 rings (SSSR count). The highest BCUT2D eigenvalue weighted by molar-refractivity contribution is 7.99. The first kappa shape index (κ1) is 13.8. The van der Waals surface area contributed by atoms with Crippen molar-refractivity contribution in [2.75, 3.05) is 37.7 Å². The number of nitrogens with one attached hydrogen (secondary N) is 1. The van der Waals surface area contributed by atoms with Gasteiger partial charge in [-0.1, -0.05) is 0 Å². The Morgan fingerprint density at radius 1 is 1.50 bits per heavy atom. The molecule has 0 saturated carbocycles. The van der Waals surface area contributed by atoms with Crippen LogP contribution in [0, 0.1) is 0 Å². The van der Waals surface area contributed by atoms with Gasteiger partial charge in [-0.2, -0.15) is 11.8 Å². The predicted molar refractivity (Wildman–Crippen MR) is 67.7 cm³/mol. The maximum Gasteiger partial charge on any atom is 0.220 e. The zero-order valence-electron chi connectivity index (χ0n) is 9.95. The van der Waals surface area contributed by atoms with E-state index < -0.39 is 0 Å². The molecule has 0 aromatic carbocycles. The lowest BCUT2D eigenvalue weighted by Gasteiger charge is -2.26. The number of hydrogen-bond donors (Lipinski definition) is 2. The number of aliphatic hydroxyl groups excluding tert-OH is 1. The van der Waals surface area contributed by atoms with Crippen LogP contribution in [-0.4, -0.2) is 59.7 Å². The molecule has 1 heterocycles. The Balaban J connectivity index is 1.99. The molecule has 1 aliphatic heterocycles. The first-order valence-electron chi connectivity index (χ1n) is 5.93. The molecule has 5 heteroatoms. The Kier molecular flexibility index (Phi) is 6.84. The highest BCUT2D eigenvalue weighted by atomic mass is 32.2. The lowest BCUT2D eigenvalue weighted by Crippen LogP contribution is -2.39. The summed E-state index contributed by atoms with van der Waals surface area (Å²) < 4.78 is 0. The van der Waals surface area contributed by atoms with Gasteiger partial charge in [0.2, 0.25) is 5.91 Å². The van der Waals surface area contributed by atoms with E-state index >= 15 is 0 Å². The van der Waals surface area contributed by atoms with Crippen molar-refractivity contribution in [3.05, 3.63) is 0 Å². The van der Waals surface area contributed by atoms with Gasteiger partial charge in [0.25, 0.3) is 0 Å². The van der Waals surface area contributed by atoms with E-state index in [1.54, 1.807) is 6.92 Å². The standard InChI is InChI=1S/C11H22N2O2S/c1-10(14)2-3-11(15)12-4-5-13-6-8-16-9-7-13/h10,14H,2-9H2,1H3,(H,12,15). The summed E-state index contributed by atoms with van der Waals surface area (Å²) >= 11 is 1.99. The van der Waals surface area contributed by atoms with E-state index in [1.165, 1.54) is 11.5 Å². The van der Waals surface area contributed by atoms with Crippen LogP contribution >= 0.6 is 11.8 Å². The molecule has 1 saturated heterocycles. The van der Waals surface area contributed by atoms with Crippen molar-refractivity contribution < 1.29 is 9.90 Å². The van der Waals surface area contributed by atoms with Crippen molar-refractivity contribution in [1.82, 2.24) is 10.2 Å². The Bertz CT molecular complexity index is 206. The molecule has 1 aliphatic rings. The van der Waals surface area contributed by atoms with Crippen LogP contribution in [-0.2, 0) is 4.79 Å². The first-order valence-corrected chi connectivity index (χ1v) is 7.09. The van der Waals surface area contributed by atoms with Crippen molar-refractivity contribution in [3.8, 4) is 0 Å². The summed E-state index contributed by atoms with van der Waals surface area (Å²) in [6, 6.07) is 0. The van der Waals surface area contributed by atoms with Crippen molar-refractivity contribution in [3.63, 3.8) is 0 Å². The fraction of sp³-hybridized carbons (Fsp3) is 0.909. The Morgan fingerprint density at radius 3 is 2.81 bits per heavy atom. The zero-order valence-corrected chi connectivity index (χ0v) is 10.8. The maximum atomic E-state index is 11.3. The predicted octanol–water partition coefficient (Wildman–Crippen LogP) is 0.312. The van der Waals surface area contributed by atoms with Crippen molar-refractivity contribution in [2.45, 2.75) is 25.9 Å². The van der Waals surface area contributed by atoms with Gasteiger partial charge in [-0.15, -0.1) is 0 Å². The van der Waals surface area contributed by atoms with Crippen LogP contribution in [0.25, 0.3) is 0 Å². The van der Waals surface area contributed by atoms with Gasteiger partial charge in [0.1, 0.15) is 0 Å². The summed E-state index contributed by atoms with van der Waals surface area (Å²) in [5.74, 6) is 2.46. The third-order valence-corrected chi connectivity index (χ3v) is 3.59. The van der Waals surface area contributed by atoms with Crippen LogP contribution in [0.15, 0.2) is 0 Å². The van der Waals surface area contributed by atoms with Gasteiger partial charge in [0.05, 0.1) is 6.10 Å². The van der Waals surface area contributed by atoms with Crippen LogP contribution < -0.4 is 5.32 Å². The monoisotopic (exact) mass is 246 g/mol. The summed E-state index contributed by atoms with van der Waals surface area (Å²) in [5, 5.41) is 11.9. The molecule has 1 atom stereocenters. The molecule has 1 unspecified atom stereocenters. The third kappa shape index (κ3) is 6.35. The summed E-state index contributed by atoms with van der Waals surface area (Å²) in [4.78, 5) is 13.7. The maximum absolute atomic E-state index is 11.3. The molecule has 0 aromatic rings. The number of rotatable bonds is 6. The summed E-state index contributed by atoms with van der Waals surface area (Å²) in [6.45, 7) is 5.64. The SMILES string of the molecule is CC(O)CCC(=O)NCCN1CCSCC1. The molecule has 0 radical (unpaired) electrons. The molecule has 0 aliphatic carbocycles. The second-order valence-electron chi connectivity index (χ2n) is 4.19. The molecule has 0 aromatic heterocycles. The number of carbonyl (C=O) groups is 1. The van der Waals surface area contributed by atoms with E-state index in [-0.39, 0.29) is 12.0 Å². The second-order valence-corrected chi connectivity index (χ2v) is 5.42. The number of nitrogens with zero attached hydrogens (tertiary/aromatic N) is 1. The second kappa shape index (κ2) is 7.92. The van der Waals surface area contributed by atoms with Gasteiger partial charge in [-0.05, 0) is 13.3 Å². The van der Waals surface area contributed by atoms with Gasteiger partial charge >= 0.3 is 0 Å². The van der Waals surface area contributed by atoms with Crippen LogP contribution in [0.5, 0.6) is 0 Å². The van der Waals surface area contributed by atoms with Crippen molar-refractivity contribution in [2.24, 2.45) is 0 Å². The highest BCUT2D eigenvalue weighted by Gasteiger charge is 2.10. The average Bonchev–Trinajstić information content (AvgIpc) is 2.28. The number of thioether (sulfide) groups is 1. The Morgan fingerprint density at radius 2 is 2.19 bits per heavy atom. The van der Waals surface area contributed by atoms with Gasteiger partial charge < -0.3 is 10.4 Å². The summed E-state index contributed by atoms with van der Waals surface area (Å²) in [7, 11) is 0. The van der Waals surface area contributed by atoms with E-state index in [9.17, 15) is 4.79 Å². The normalized spacial score (nSPS) is 19.4. The van der Waals surface area contributed by atoms with Crippen LogP contribution in [0.4, 0.5) is 0 Å². The number of amides is 1. The lowest BCUT2D eigenvalue weighted by atomic mass is 10.2. The van der Waals surface area contributed by atoms with E-state index in [0.717, 1.165) is 26.2 Å². The van der Waals surface area contributed by atoms with Gasteiger partial charge in [-0.3, -0.25) is 9.69 Å². The van der Waals surface area contributed by atoms with E-state index in [1.807, 2.05) is 11.8 Å². The topological polar surface area (TPSA) is 52.6 Å². The first-order chi connectivity index (χ1) is 7.68. The Hall–Kier alpha value is -0.260. The van der Waals surface area contributed by atoms with Crippen LogP contribution in [0.2, 0.25) is 0 Å². The molecule has 94 valence electrons. The quantitative estimate of drug-likeness (QED) is 0.708. The molecule has 1 fully saturated rings. The van der Waals surface area contributed by atoms with E-state index in [0.29, 0.717) is 12.8 Å². The van der Waals surface area contributed by atoms with Crippen LogP contribution in [0.3, 0.4) is 0 Å². The number of carbonyl (C=O) groups excluding carboxylic acids is 1. The smallest absolute Gasteiger partial charge is 0.220 e. The van der Waals surface area contributed by atoms with Gasteiger partial charge in [0, 0.05) is 44.1 Å². The van der Waals surface area contributed by atoms with Crippen LogP contribution in [0.1, 0.15) is 19.8 Å². The molecular formula is C11H22N2O2S. The minimum Gasteiger partial charge on any atom is -0.393 e. The molecule has 2 N–H and O–H groups in total. The molecule has 1 amide bonds. The molecule has 16 heavy (non-hydrogen) atoms. The lowest BCUT2D eigenvalue weighted by molar-refractivity contribution is -0.121. The zero-order chi connectivity index (χ0) is 11.8. The largest absolute Gasteiger partial charge is 0.393 e. The average molecular weight is 246 g/mol. The van der Waals surface area contributed by atoms with Gasteiger partial charge in [0.15, 0.2) is 0 Å². The Labute approximate surface area is 102 Å². The van der Waals surface area contributed by atoms with Crippen molar-refractivity contribution >= 4 is 17.7 Å². The van der Waals surface area contributed by atoms with E-state index in [4.69, 9.17) is 5.11 Å². The number of aliphatic hydroxyl groups is 1. The van der Waals surface area contributed by atoms with Gasteiger partial charge in [-0.25, -0.2) is 0 Å². The summed E-state index contributed by atoms with van der Waals surface area (Å²) in [5.41, 5.74) is 0. The third-order valence-electron chi connectivity index (χ3n) is 2.64. The molecule has 4 nitrogen and oxygen atoms in total. The number of hydrogen-bond acceptors (Lipinski definition) is 4. The molecular weight excluding hydrogens is 224 g/mol. The fourth-order valence-electron chi connectivity index (χ4n) is 1.61. The minimum absolute atomic E-state index is 0.0484. The molecule has 0 bridgehead atoms. The highest BCUT2D eigenvalue weighted by Crippen LogP contribution is 2.07. The molecule has 0 spiro atoms. The van der Waals surface area contributed by atoms with E-state index in [2.05, 4.69) is 10.2 Å². The minimum atomic E-state index is -0.384. The summed E-state index contributed by atoms with van der Waals surface area (Å²) in [6.07, 6.45) is 0.588.